The molecular formula is C22H31N3O4. The maximum absolute atomic E-state index is 12.6. The summed E-state index contributed by atoms with van der Waals surface area (Å²) in [6.07, 6.45) is 2.08. The number of likely N-dealkylation sites (tertiary alicyclic amines) is 1. The van der Waals surface area contributed by atoms with Crippen molar-refractivity contribution in [1.82, 2.24) is 15.2 Å². The third-order valence-electron chi connectivity index (χ3n) is 5.70. The van der Waals surface area contributed by atoms with Crippen LogP contribution in [0.4, 0.5) is 0 Å². The van der Waals surface area contributed by atoms with E-state index in [0.717, 1.165) is 55.4 Å². The molecule has 2 aromatic rings. The Morgan fingerprint density at radius 1 is 1.17 bits per heavy atom. The van der Waals surface area contributed by atoms with Crippen molar-refractivity contribution >= 4 is 5.91 Å². The quantitative estimate of drug-likeness (QED) is 0.767. The van der Waals surface area contributed by atoms with Crippen LogP contribution >= 0.6 is 0 Å². The second-order valence-electron chi connectivity index (χ2n) is 7.68. The Labute approximate surface area is 172 Å². The summed E-state index contributed by atoms with van der Waals surface area (Å²) < 4.78 is 16.4. The van der Waals surface area contributed by atoms with Crippen LogP contribution in [0.5, 0.6) is 11.5 Å². The molecule has 0 atom stereocenters. The topological polar surface area (TPSA) is 76.8 Å². The fourth-order valence-corrected chi connectivity index (χ4v) is 3.70. The summed E-state index contributed by atoms with van der Waals surface area (Å²) >= 11 is 0. The average Bonchev–Trinajstić information content (AvgIpc) is 3.04. The smallest absolute Gasteiger partial charge is 0.251 e. The first kappa shape index (κ1) is 21.2. The highest BCUT2D eigenvalue weighted by Gasteiger charge is 2.22. The fraction of sp³-hybridized carbons (Fsp3) is 0.545. The second-order valence-corrected chi connectivity index (χ2v) is 7.68. The summed E-state index contributed by atoms with van der Waals surface area (Å²) in [4.78, 5) is 19.4. The number of ether oxygens (including phenoxy) is 2. The van der Waals surface area contributed by atoms with Gasteiger partial charge in [0.2, 0.25) is 5.89 Å². The Morgan fingerprint density at radius 3 is 2.31 bits per heavy atom. The number of aromatic nitrogens is 1. The minimum Gasteiger partial charge on any atom is -0.496 e. The first-order chi connectivity index (χ1) is 13.9. The van der Waals surface area contributed by atoms with Gasteiger partial charge < -0.3 is 19.2 Å². The SMILES string of the molecule is COc1cc(C(=O)NCC2CCN(Cc3nc(C)c(C)o3)CC2)cc(OC)c1C. The van der Waals surface area contributed by atoms with Crippen LogP contribution in [0.3, 0.4) is 0 Å². The lowest BCUT2D eigenvalue weighted by Gasteiger charge is -2.31. The van der Waals surface area contributed by atoms with E-state index in [-0.39, 0.29) is 5.91 Å². The first-order valence-corrected chi connectivity index (χ1v) is 10.1. The van der Waals surface area contributed by atoms with Crippen molar-refractivity contribution in [3.05, 3.63) is 40.6 Å². The number of hydrogen-bond acceptors (Lipinski definition) is 6. The largest absolute Gasteiger partial charge is 0.496 e. The molecule has 1 amide bonds. The molecule has 1 N–H and O–H groups in total. The van der Waals surface area contributed by atoms with Crippen molar-refractivity contribution in [3.63, 3.8) is 0 Å². The molecule has 1 aromatic heterocycles. The molecule has 7 nitrogen and oxygen atoms in total. The van der Waals surface area contributed by atoms with Crippen molar-refractivity contribution in [2.24, 2.45) is 5.92 Å². The van der Waals surface area contributed by atoms with Gasteiger partial charge in [0.1, 0.15) is 17.3 Å². The minimum atomic E-state index is -0.102. The highest BCUT2D eigenvalue weighted by atomic mass is 16.5. The predicted octanol–water partition coefficient (Wildman–Crippen LogP) is 3.26. The minimum absolute atomic E-state index is 0.102. The number of hydrogen-bond donors (Lipinski definition) is 1. The number of piperidine rings is 1. The Kier molecular flexibility index (Phi) is 6.79. The van der Waals surface area contributed by atoms with E-state index in [0.29, 0.717) is 29.5 Å². The number of methoxy groups -OCH3 is 2. The van der Waals surface area contributed by atoms with Crippen LogP contribution in [0.25, 0.3) is 0 Å². The monoisotopic (exact) mass is 401 g/mol. The number of oxazole rings is 1. The third-order valence-corrected chi connectivity index (χ3v) is 5.70. The Morgan fingerprint density at radius 2 is 1.79 bits per heavy atom. The molecule has 7 heteroatoms. The summed E-state index contributed by atoms with van der Waals surface area (Å²) in [5.74, 6) is 3.35. The van der Waals surface area contributed by atoms with Gasteiger partial charge in [-0.1, -0.05) is 0 Å². The molecular weight excluding hydrogens is 370 g/mol. The molecule has 1 aliphatic rings. The molecule has 0 spiro atoms. The van der Waals surface area contributed by atoms with E-state index in [9.17, 15) is 4.79 Å². The molecule has 0 unspecified atom stereocenters. The van der Waals surface area contributed by atoms with Gasteiger partial charge in [0.05, 0.1) is 26.5 Å². The van der Waals surface area contributed by atoms with Gasteiger partial charge in [-0.15, -0.1) is 0 Å². The molecule has 0 radical (unpaired) electrons. The average molecular weight is 402 g/mol. The fourth-order valence-electron chi connectivity index (χ4n) is 3.70. The molecule has 1 saturated heterocycles. The van der Waals surface area contributed by atoms with E-state index < -0.39 is 0 Å². The van der Waals surface area contributed by atoms with Crippen LogP contribution in [0.1, 0.15) is 46.1 Å². The van der Waals surface area contributed by atoms with Crippen molar-refractivity contribution in [2.75, 3.05) is 33.9 Å². The number of amides is 1. The number of benzene rings is 1. The summed E-state index contributed by atoms with van der Waals surface area (Å²) in [7, 11) is 3.19. The molecule has 0 bridgehead atoms. The number of carbonyl (C=O) groups excluding carboxylic acids is 1. The van der Waals surface area contributed by atoms with E-state index in [1.807, 2.05) is 20.8 Å². The van der Waals surface area contributed by atoms with Gasteiger partial charge in [0.15, 0.2) is 0 Å². The zero-order valence-corrected chi connectivity index (χ0v) is 18.0. The lowest BCUT2D eigenvalue weighted by Crippen LogP contribution is -2.38. The Hall–Kier alpha value is -2.54. The number of rotatable bonds is 7. The molecule has 2 heterocycles. The van der Waals surface area contributed by atoms with Crippen LogP contribution in [-0.4, -0.2) is 49.6 Å². The summed E-state index contributed by atoms with van der Waals surface area (Å²) in [5, 5.41) is 3.07. The lowest BCUT2D eigenvalue weighted by molar-refractivity contribution is 0.0933. The molecule has 0 saturated carbocycles. The molecule has 0 aliphatic carbocycles. The van der Waals surface area contributed by atoms with Gasteiger partial charge in [0.25, 0.3) is 5.91 Å². The number of aryl methyl sites for hydroxylation is 2. The second kappa shape index (κ2) is 9.31. The Bertz CT molecular complexity index is 809. The van der Waals surface area contributed by atoms with Gasteiger partial charge >= 0.3 is 0 Å². The van der Waals surface area contributed by atoms with Crippen molar-refractivity contribution < 1.29 is 18.7 Å². The summed E-state index contributed by atoms with van der Waals surface area (Å²) in [5.41, 5.74) is 2.40. The lowest BCUT2D eigenvalue weighted by atomic mass is 9.96. The number of carbonyl (C=O) groups is 1. The van der Waals surface area contributed by atoms with Gasteiger partial charge in [-0.2, -0.15) is 0 Å². The summed E-state index contributed by atoms with van der Waals surface area (Å²) in [6.45, 7) is 9.20. The molecule has 1 aromatic carbocycles. The van der Waals surface area contributed by atoms with Crippen molar-refractivity contribution in [2.45, 2.75) is 40.2 Å². The highest BCUT2D eigenvalue weighted by molar-refractivity contribution is 5.95. The maximum Gasteiger partial charge on any atom is 0.251 e. The van der Waals surface area contributed by atoms with E-state index >= 15 is 0 Å². The maximum atomic E-state index is 12.6. The van der Waals surface area contributed by atoms with Crippen molar-refractivity contribution in [3.8, 4) is 11.5 Å². The highest BCUT2D eigenvalue weighted by Crippen LogP contribution is 2.29. The van der Waals surface area contributed by atoms with E-state index in [2.05, 4.69) is 15.2 Å². The van der Waals surface area contributed by atoms with Gasteiger partial charge in [-0.3, -0.25) is 9.69 Å². The first-order valence-electron chi connectivity index (χ1n) is 10.1. The van der Waals surface area contributed by atoms with Gasteiger partial charge in [0, 0.05) is 17.7 Å². The van der Waals surface area contributed by atoms with Crippen LogP contribution in [-0.2, 0) is 6.54 Å². The number of nitrogens with zero attached hydrogens (tertiary/aromatic N) is 2. The van der Waals surface area contributed by atoms with Crippen LogP contribution in [0, 0.1) is 26.7 Å². The van der Waals surface area contributed by atoms with E-state index in [1.165, 1.54) is 0 Å². The Balaban J connectivity index is 1.49. The molecule has 29 heavy (non-hydrogen) atoms. The summed E-state index contributed by atoms with van der Waals surface area (Å²) in [6, 6.07) is 3.52. The molecule has 1 fully saturated rings. The molecule has 3 rings (SSSR count). The van der Waals surface area contributed by atoms with Crippen LogP contribution < -0.4 is 14.8 Å². The standard InChI is InChI=1S/C22H31N3O4/c1-14-19(27-4)10-18(11-20(14)28-5)22(26)23-12-17-6-8-25(9-7-17)13-21-24-15(2)16(3)29-21/h10-11,17H,6-9,12-13H2,1-5H3,(H,23,26). The third kappa shape index (κ3) is 5.09. The number of nitrogens with one attached hydrogen (secondary N) is 1. The van der Waals surface area contributed by atoms with Gasteiger partial charge in [-0.25, -0.2) is 4.98 Å². The predicted molar refractivity (Wildman–Crippen MR) is 111 cm³/mol. The van der Waals surface area contributed by atoms with Crippen LogP contribution in [0.15, 0.2) is 16.5 Å². The molecule has 158 valence electrons. The normalized spacial score (nSPS) is 15.3. The van der Waals surface area contributed by atoms with E-state index in [1.54, 1.807) is 26.4 Å². The zero-order chi connectivity index (χ0) is 21.0. The zero-order valence-electron chi connectivity index (χ0n) is 18.0. The molecule has 1 aliphatic heterocycles. The van der Waals surface area contributed by atoms with Crippen LogP contribution in [0.2, 0.25) is 0 Å². The van der Waals surface area contributed by atoms with Crippen molar-refractivity contribution in [1.29, 1.82) is 0 Å². The van der Waals surface area contributed by atoms with Gasteiger partial charge in [-0.05, 0) is 64.8 Å². The van der Waals surface area contributed by atoms with E-state index in [4.69, 9.17) is 13.9 Å².